The van der Waals surface area contributed by atoms with Crippen LogP contribution in [0, 0.1) is 0 Å². The molecule has 1 heterocycles. The molecule has 0 aliphatic carbocycles. The molecule has 1 atom stereocenters. The number of aromatic nitrogens is 1. The molecule has 0 aliphatic heterocycles. The van der Waals surface area contributed by atoms with Crippen LogP contribution in [0.2, 0.25) is 0 Å². The highest BCUT2D eigenvalue weighted by atomic mass is 32.2. The summed E-state index contributed by atoms with van der Waals surface area (Å²) in [5.41, 5.74) is 2.50. The second kappa shape index (κ2) is 9.58. The molecule has 2 aromatic carbocycles. The van der Waals surface area contributed by atoms with Gasteiger partial charge in [0, 0.05) is 28.5 Å². The Balaban J connectivity index is 1.58. The van der Waals surface area contributed by atoms with Gasteiger partial charge in [0.05, 0.1) is 18.1 Å². The van der Waals surface area contributed by atoms with Crippen LogP contribution in [0.1, 0.15) is 13.8 Å². The van der Waals surface area contributed by atoms with Crippen molar-refractivity contribution >= 4 is 45.7 Å². The second-order valence-corrected chi connectivity index (χ2v) is 8.49. The van der Waals surface area contributed by atoms with Crippen molar-refractivity contribution in [2.75, 3.05) is 17.7 Å². The molecule has 150 valence electrons. The molecule has 1 aromatic heterocycles. The molecule has 1 unspecified atom stereocenters. The average molecular weight is 428 g/mol. The van der Waals surface area contributed by atoms with Crippen LogP contribution in [0.25, 0.3) is 11.3 Å². The number of benzene rings is 2. The summed E-state index contributed by atoms with van der Waals surface area (Å²) in [5.74, 6) is 0.556. The van der Waals surface area contributed by atoms with Gasteiger partial charge in [-0.3, -0.25) is 9.59 Å². The largest absolute Gasteiger partial charge is 0.497 e. The normalized spacial score (nSPS) is 11.6. The van der Waals surface area contributed by atoms with Gasteiger partial charge in [0.2, 0.25) is 11.8 Å². The minimum absolute atomic E-state index is 0.114. The van der Waals surface area contributed by atoms with Crippen molar-refractivity contribution in [3.05, 3.63) is 53.9 Å². The standard InChI is InChI=1S/C21H21N3O3S2/c1-13(29-18-10-6-16(7-11-18)22-14(2)25)20(26)24-21-23-19(12-28-21)15-4-8-17(27-3)9-5-15/h4-13H,1-3H3,(H,22,25)(H,23,24,26). The Hall–Kier alpha value is -2.84. The van der Waals surface area contributed by atoms with Crippen LogP contribution in [-0.2, 0) is 9.59 Å². The first-order valence-corrected chi connectivity index (χ1v) is 10.7. The summed E-state index contributed by atoms with van der Waals surface area (Å²) in [6, 6.07) is 15.0. The Kier molecular flexibility index (Phi) is 6.90. The minimum atomic E-state index is -0.296. The molecular formula is C21H21N3O3S2. The van der Waals surface area contributed by atoms with Gasteiger partial charge in [-0.25, -0.2) is 4.98 Å². The summed E-state index contributed by atoms with van der Waals surface area (Å²) in [6.07, 6.45) is 0. The van der Waals surface area contributed by atoms with Crippen molar-refractivity contribution < 1.29 is 14.3 Å². The monoisotopic (exact) mass is 427 g/mol. The lowest BCUT2D eigenvalue weighted by Gasteiger charge is -2.11. The van der Waals surface area contributed by atoms with E-state index in [1.165, 1.54) is 30.0 Å². The third-order valence-corrected chi connectivity index (χ3v) is 5.85. The van der Waals surface area contributed by atoms with E-state index in [1.807, 2.05) is 60.8 Å². The maximum Gasteiger partial charge on any atom is 0.239 e. The quantitative estimate of drug-likeness (QED) is 0.525. The number of amides is 2. The number of methoxy groups -OCH3 is 1. The van der Waals surface area contributed by atoms with Gasteiger partial charge in [0.25, 0.3) is 0 Å². The molecule has 0 bridgehead atoms. The molecule has 0 spiro atoms. The minimum Gasteiger partial charge on any atom is -0.497 e. The number of carbonyl (C=O) groups excluding carboxylic acids is 2. The molecule has 29 heavy (non-hydrogen) atoms. The maximum atomic E-state index is 12.5. The molecular weight excluding hydrogens is 406 g/mol. The van der Waals surface area contributed by atoms with Crippen molar-refractivity contribution in [2.24, 2.45) is 0 Å². The Labute approximate surface area is 177 Å². The summed E-state index contributed by atoms with van der Waals surface area (Å²) in [6.45, 7) is 3.31. The molecule has 0 aliphatic rings. The van der Waals surface area contributed by atoms with E-state index in [9.17, 15) is 9.59 Å². The van der Waals surface area contributed by atoms with Crippen LogP contribution < -0.4 is 15.4 Å². The van der Waals surface area contributed by atoms with Gasteiger partial charge in [-0.15, -0.1) is 23.1 Å². The van der Waals surface area contributed by atoms with Crippen molar-refractivity contribution in [3.63, 3.8) is 0 Å². The third kappa shape index (κ3) is 5.82. The topological polar surface area (TPSA) is 80.3 Å². The number of carbonyl (C=O) groups is 2. The summed E-state index contributed by atoms with van der Waals surface area (Å²) in [4.78, 5) is 29.0. The predicted molar refractivity (Wildman–Crippen MR) is 119 cm³/mol. The van der Waals surface area contributed by atoms with Crippen LogP contribution in [0.4, 0.5) is 10.8 Å². The molecule has 3 aromatic rings. The van der Waals surface area contributed by atoms with E-state index in [0.29, 0.717) is 5.13 Å². The number of hydrogen-bond acceptors (Lipinski definition) is 6. The van der Waals surface area contributed by atoms with Gasteiger partial charge in [0.1, 0.15) is 5.75 Å². The lowest BCUT2D eigenvalue weighted by atomic mass is 10.2. The summed E-state index contributed by atoms with van der Waals surface area (Å²) in [7, 11) is 1.63. The van der Waals surface area contributed by atoms with Gasteiger partial charge in [-0.1, -0.05) is 0 Å². The van der Waals surface area contributed by atoms with E-state index < -0.39 is 0 Å². The van der Waals surface area contributed by atoms with Gasteiger partial charge < -0.3 is 15.4 Å². The number of hydrogen-bond donors (Lipinski definition) is 2. The van der Waals surface area contributed by atoms with Gasteiger partial charge in [-0.05, 0) is 55.5 Å². The summed E-state index contributed by atoms with van der Waals surface area (Å²) < 4.78 is 5.17. The predicted octanol–water partition coefficient (Wildman–Crippen LogP) is 4.90. The molecule has 0 radical (unpaired) electrons. The van der Waals surface area contributed by atoms with Crippen molar-refractivity contribution in [3.8, 4) is 17.0 Å². The first kappa shape index (κ1) is 20.9. The number of ether oxygens (including phenoxy) is 1. The third-order valence-electron chi connectivity index (χ3n) is 3.98. The smallest absolute Gasteiger partial charge is 0.239 e. The Bertz CT molecular complexity index is 985. The molecule has 2 amide bonds. The zero-order chi connectivity index (χ0) is 20.8. The second-order valence-electron chi connectivity index (χ2n) is 6.22. The molecule has 0 fully saturated rings. The highest BCUT2D eigenvalue weighted by Crippen LogP contribution is 2.28. The average Bonchev–Trinajstić information content (AvgIpc) is 3.17. The SMILES string of the molecule is COc1ccc(-c2csc(NC(=O)C(C)Sc3ccc(NC(C)=O)cc3)n2)cc1. The fourth-order valence-corrected chi connectivity index (χ4v) is 4.10. The first-order chi connectivity index (χ1) is 13.9. The number of nitrogens with one attached hydrogen (secondary N) is 2. The van der Waals surface area contributed by atoms with Gasteiger partial charge in [-0.2, -0.15) is 0 Å². The molecule has 2 N–H and O–H groups in total. The zero-order valence-corrected chi connectivity index (χ0v) is 17.9. The van der Waals surface area contributed by atoms with E-state index in [-0.39, 0.29) is 17.1 Å². The van der Waals surface area contributed by atoms with Crippen LogP contribution in [0.15, 0.2) is 58.8 Å². The number of rotatable bonds is 7. The lowest BCUT2D eigenvalue weighted by molar-refractivity contribution is -0.115. The van der Waals surface area contributed by atoms with E-state index in [2.05, 4.69) is 15.6 Å². The Morgan fingerprint density at radius 2 is 1.76 bits per heavy atom. The molecule has 0 saturated heterocycles. The zero-order valence-electron chi connectivity index (χ0n) is 16.3. The highest BCUT2D eigenvalue weighted by molar-refractivity contribution is 8.00. The number of thioether (sulfide) groups is 1. The number of anilines is 2. The summed E-state index contributed by atoms with van der Waals surface area (Å²) in [5, 5.41) is 7.78. The maximum absolute atomic E-state index is 12.5. The Morgan fingerprint density at radius 1 is 1.07 bits per heavy atom. The van der Waals surface area contributed by atoms with Gasteiger partial charge >= 0.3 is 0 Å². The van der Waals surface area contributed by atoms with Crippen LogP contribution >= 0.6 is 23.1 Å². The molecule has 0 saturated carbocycles. The van der Waals surface area contributed by atoms with Crippen LogP contribution in [0.3, 0.4) is 0 Å². The number of thiazole rings is 1. The number of nitrogens with zero attached hydrogens (tertiary/aromatic N) is 1. The van der Waals surface area contributed by atoms with Crippen molar-refractivity contribution in [1.82, 2.24) is 4.98 Å². The highest BCUT2D eigenvalue weighted by Gasteiger charge is 2.16. The van der Waals surface area contributed by atoms with Crippen molar-refractivity contribution in [2.45, 2.75) is 24.0 Å². The van der Waals surface area contributed by atoms with Crippen LogP contribution in [-0.4, -0.2) is 29.2 Å². The first-order valence-electron chi connectivity index (χ1n) is 8.89. The van der Waals surface area contributed by atoms with Gasteiger partial charge in [0.15, 0.2) is 5.13 Å². The molecule has 6 nitrogen and oxygen atoms in total. The van der Waals surface area contributed by atoms with E-state index in [1.54, 1.807) is 7.11 Å². The molecule has 3 rings (SSSR count). The molecule has 8 heteroatoms. The van der Waals surface area contributed by atoms with E-state index >= 15 is 0 Å². The summed E-state index contributed by atoms with van der Waals surface area (Å²) >= 11 is 2.83. The fourth-order valence-electron chi connectivity index (χ4n) is 2.51. The van der Waals surface area contributed by atoms with E-state index in [4.69, 9.17) is 4.74 Å². The Morgan fingerprint density at radius 3 is 2.38 bits per heavy atom. The van der Waals surface area contributed by atoms with E-state index in [0.717, 1.165) is 27.6 Å². The van der Waals surface area contributed by atoms with Crippen molar-refractivity contribution in [1.29, 1.82) is 0 Å². The fraction of sp³-hybridized carbons (Fsp3) is 0.190. The lowest BCUT2D eigenvalue weighted by Crippen LogP contribution is -2.22. The van der Waals surface area contributed by atoms with Crippen LogP contribution in [0.5, 0.6) is 5.75 Å².